The normalized spacial score (nSPS) is 11.0. The number of nitrogens with one attached hydrogen (secondary N) is 2. The van der Waals surface area contributed by atoms with Gasteiger partial charge in [0, 0.05) is 12.1 Å². The lowest BCUT2D eigenvalue weighted by molar-refractivity contribution is 0.438. The first-order valence-electron chi connectivity index (χ1n) is 6.00. The van der Waals surface area contributed by atoms with Crippen LogP contribution in [0.4, 0.5) is 10.2 Å². The number of phenols is 1. The summed E-state index contributed by atoms with van der Waals surface area (Å²) in [7, 11) is 0. The third kappa shape index (κ3) is 2.55. The van der Waals surface area contributed by atoms with Crippen LogP contribution < -0.4 is 5.32 Å². The van der Waals surface area contributed by atoms with E-state index in [0.717, 1.165) is 0 Å². The standard InChI is InChI=1S/C13H10ClFN4O2/c14-7-4-9-12(19-13(21)17-9)18-11(7)16-5-6-8(15)2-1-3-10(6)20/h1-4,20H,5H2,(H3,16,17,18,19,21). The number of halogens is 2. The number of aromatic hydroxyl groups is 2. The summed E-state index contributed by atoms with van der Waals surface area (Å²) in [6, 6.07) is 5.33. The van der Waals surface area contributed by atoms with Crippen molar-refractivity contribution in [1.29, 1.82) is 0 Å². The number of H-pyrrole nitrogens is 1. The summed E-state index contributed by atoms with van der Waals surface area (Å²) in [6.07, 6.45) is 0. The Bertz CT molecular complexity index is 801. The molecule has 2 heterocycles. The van der Waals surface area contributed by atoms with Gasteiger partial charge in [0.1, 0.15) is 17.4 Å². The Labute approximate surface area is 123 Å². The summed E-state index contributed by atoms with van der Waals surface area (Å²) >= 11 is 6.05. The molecule has 0 aliphatic carbocycles. The zero-order valence-corrected chi connectivity index (χ0v) is 11.3. The van der Waals surface area contributed by atoms with Gasteiger partial charge in [-0.15, -0.1) is 0 Å². The molecule has 0 fully saturated rings. The molecule has 0 atom stereocenters. The molecular weight excluding hydrogens is 299 g/mol. The Balaban J connectivity index is 1.89. The summed E-state index contributed by atoms with van der Waals surface area (Å²) in [4.78, 5) is 10.5. The molecule has 1 aromatic carbocycles. The molecule has 3 rings (SSSR count). The Hall–Kier alpha value is -2.54. The minimum Gasteiger partial charge on any atom is -0.507 e. The number of aromatic nitrogens is 3. The summed E-state index contributed by atoms with van der Waals surface area (Å²) < 4.78 is 13.6. The highest BCUT2D eigenvalue weighted by Crippen LogP contribution is 2.27. The molecule has 0 spiro atoms. The van der Waals surface area contributed by atoms with Gasteiger partial charge in [-0.1, -0.05) is 17.7 Å². The molecule has 6 nitrogen and oxygen atoms in total. The zero-order valence-electron chi connectivity index (χ0n) is 10.6. The van der Waals surface area contributed by atoms with E-state index in [0.29, 0.717) is 5.52 Å². The number of hydrogen-bond donors (Lipinski definition) is 4. The van der Waals surface area contributed by atoms with E-state index in [1.165, 1.54) is 18.2 Å². The largest absolute Gasteiger partial charge is 0.507 e. The lowest BCUT2D eigenvalue weighted by Crippen LogP contribution is -2.04. The van der Waals surface area contributed by atoms with Crippen LogP contribution in [-0.4, -0.2) is 25.2 Å². The number of hydrogen-bond acceptors (Lipinski definition) is 5. The predicted octanol–water partition coefficient (Wildman–Crippen LogP) is 2.77. The second-order valence-corrected chi connectivity index (χ2v) is 4.75. The molecular formula is C13H10ClFN4O2. The third-order valence-electron chi connectivity index (χ3n) is 2.94. The van der Waals surface area contributed by atoms with E-state index < -0.39 is 5.82 Å². The van der Waals surface area contributed by atoms with Gasteiger partial charge in [0.25, 0.3) is 6.01 Å². The van der Waals surface area contributed by atoms with E-state index in [1.54, 1.807) is 6.07 Å². The lowest BCUT2D eigenvalue weighted by atomic mass is 10.2. The number of phenolic OH excluding ortho intramolecular Hbond substituents is 1. The second-order valence-electron chi connectivity index (χ2n) is 4.34. The molecule has 0 unspecified atom stereocenters. The van der Waals surface area contributed by atoms with Crippen molar-refractivity contribution in [3.63, 3.8) is 0 Å². The summed E-state index contributed by atoms with van der Waals surface area (Å²) in [5, 5.41) is 22.0. The van der Waals surface area contributed by atoms with Gasteiger partial charge in [-0.3, -0.25) is 0 Å². The van der Waals surface area contributed by atoms with Crippen LogP contribution in [-0.2, 0) is 6.54 Å². The van der Waals surface area contributed by atoms with Crippen molar-refractivity contribution in [2.75, 3.05) is 5.32 Å². The minimum absolute atomic E-state index is 0.00708. The first-order valence-corrected chi connectivity index (χ1v) is 6.38. The van der Waals surface area contributed by atoms with E-state index in [1.807, 2.05) is 0 Å². The van der Waals surface area contributed by atoms with Gasteiger partial charge in [-0.25, -0.2) is 9.37 Å². The second kappa shape index (κ2) is 5.10. The van der Waals surface area contributed by atoms with Crippen LogP contribution in [0.15, 0.2) is 24.3 Å². The number of rotatable bonds is 3. The van der Waals surface area contributed by atoms with Crippen LogP contribution >= 0.6 is 11.6 Å². The van der Waals surface area contributed by atoms with Crippen molar-refractivity contribution in [2.24, 2.45) is 0 Å². The Morgan fingerprint density at radius 1 is 1.29 bits per heavy atom. The summed E-state index contributed by atoms with van der Waals surface area (Å²) in [6.45, 7) is 0.00708. The van der Waals surface area contributed by atoms with Crippen molar-refractivity contribution < 1.29 is 14.6 Å². The highest BCUT2D eigenvalue weighted by molar-refractivity contribution is 6.33. The number of imidazole rings is 1. The van der Waals surface area contributed by atoms with Crippen molar-refractivity contribution >= 4 is 28.6 Å². The number of pyridine rings is 1. The highest BCUT2D eigenvalue weighted by atomic mass is 35.5. The van der Waals surface area contributed by atoms with Crippen molar-refractivity contribution in [3.8, 4) is 11.8 Å². The number of anilines is 1. The molecule has 2 aromatic heterocycles. The van der Waals surface area contributed by atoms with Crippen molar-refractivity contribution in [2.45, 2.75) is 6.54 Å². The van der Waals surface area contributed by atoms with Crippen LogP contribution in [0, 0.1) is 5.82 Å². The van der Waals surface area contributed by atoms with Crippen molar-refractivity contribution in [1.82, 2.24) is 15.0 Å². The quantitative estimate of drug-likeness (QED) is 0.597. The molecule has 0 saturated carbocycles. The van der Waals surface area contributed by atoms with Crippen molar-refractivity contribution in [3.05, 3.63) is 40.7 Å². The smallest absolute Gasteiger partial charge is 0.293 e. The monoisotopic (exact) mass is 308 g/mol. The van der Waals surface area contributed by atoms with Crippen LogP contribution in [0.2, 0.25) is 5.02 Å². The maximum Gasteiger partial charge on any atom is 0.293 e. The number of fused-ring (bicyclic) bond motifs is 1. The first-order chi connectivity index (χ1) is 10.0. The van der Waals surface area contributed by atoms with Crippen LogP contribution in [0.1, 0.15) is 5.56 Å². The van der Waals surface area contributed by atoms with E-state index >= 15 is 0 Å². The molecule has 0 saturated heterocycles. The third-order valence-corrected chi connectivity index (χ3v) is 3.23. The van der Waals surface area contributed by atoms with E-state index in [-0.39, 0.29) is 40.4 Å². The molecule has 8 heteroatoms. The maximum absolute atomic E-state index is 13.6. The average Bonchev–Trinajstić information content (AvgIpc) is 2.77. The number of nitrogens with zero attached hydrogens (tertiary/aromatic N) is 2. The SMILES string of the molecule is Oc1nc2nc(NCc3c(O)cccc3F)c(Cl)cc2[nH]1. The topological polar surface area (TPSA) is 94.1 Å². The van der Waals surface area contributed by atoms with Gasteiger partial charge in [0.2, 0.25) is 0 Å². The van der Waals surface area contributed by atoms with Gasteiger partial charge < -0.3 is 20.5 Å². The van der Waals surface area contributed by atoms with Crippen LogP contribution in [0.3, 0.4) is 0 Å². The van der Waals surface area contributed by atoms with Gasteiger partial charge in [-0.2, -0.15) is 4.98 Å². The number of aromatic amines is 1. The predicted molar refractivity (Wildman–Crippen MR) is 76.0 cm³/mol. The van der Waals surface area contributed by atoms with Gasteiger partial charge in [-0.05, 0) is 18.2 Å². The van der Waals surface area contributed by atoms with Gasteiger partial charge in [0.05, 0.1) is 10.5 Å². The fourth-order valence-corrected chi connectivity index (χ4v) is 2.14. The number of benzene rings is 1. The lowest BCUT2D eigenvalue weighted by Gasteiger charge is -2.09. The minimum atomic E-state index is -0.530. The molecule has 21 heavy (non-hydrogen) atoms. The molecule has 0 amide bonds. The van der Waals surface area contributed by atoms with Gasteiger partial charge >= 0.3 is 0 Å². The molecule has 4 N–H and O–H groups in total. The molecule has 0 aliphatic rings. The molecule has 108 valence electrons. The Morgan fingerprint density at radius 3 is 2.86 bits per heavy atom. The fraction of sp³-hybridized carbons (Fsp3) is 0.0769. The fourth-order valence-electron chi connectivity index (χ4n) is 1.92. The molecule has 0 radical (unpaired) electrons. The highest BCUT2D eigenvalue weighted by Gasteiger charge is 2.11. The van der Waals surface area contributed by atoms with Crippen LogP contribution in [0.25, 0.3) is 11.2 Å². The van der Waals surface area contributed by atoms with E-state index in [2.05, 4.69) is 20.3 Å². The summed E-state index contributed by atoms with van der Waals surface area (Å²) in [5.41, 5.74) is 0.870. The van der Waals surface area contributed by atoms with Gasteiger partial charge in [0.15, 0.2) is 5.65 Å². The molecule has 0 aliphatic heterocycles. The molecule has 0 bridgehead atoms. The molecule has 3 aromatic rings. The average molecular weight is 309 g/mol. The van der Waals surface area contributed by atoms with E-state index in [9.17, 15) is 14.6 Å². The first kappa shape index (κ1) is 13.4. The van der Waals surface area contributed by atoms with Crippen LogP contribution in [0.5, 0.6) is 11.8 Å². The summed E-state index contributed by atoms with van der Waals surface area (Å²) in [5.74, 6) is -0.410. The Kier molecular flexibility index (Phi) is 3.26. The zero-order chi connectivity index (χ0) is 15.0. The van der Waals surface area contributed by atoms with E-state index in [4.69, 9.17) is 11.6 Å². The Morgan fingerprint density at radius 2 is 2.10 bits per heavy atom. The maximum atomic E-state index is 13.6.